The largest absolute Gasteiger partial charge is 0.390 e. The van der Waals surface area contributed by atoms with Gasteiger partial charge in [-0.2, -0.15) is 4.65 Å². The van der Waals surface area contributed by atoms with Gasteiger partial charge in [0.25, 0.3) is 0 Å². The maximum Gasteiger partial charge on any atom is 0.132 e. The van der Waals surface area contributed by atoms with Gasteiger partial charge in [0.2, 0.25) is 0 Å². The van der Waals surface area contributed by atoms with Crippen LogP contribution in [0.5, 0.6) is 0 Å². The van der Waals surface area contributed by atoms with Gasteiger partial charge in [-0.05, 0) is 12.8 Å². The summed E-state index contributed by atoms with van der Waals surface area (Å²) in [5, 5.41) is 18.5. The van der Waals surface area contributed by atoms with Crippen LogP contribution < -0.4 is 0 Å². The maximum absolute atomic E-state index is 9.79. The third-order valence-electron chi connectivity index (χ3n) is 1.80. The molecular weight excluding hydrogens is 142 g/mol. The zero-order valence-corrected chi connectivity index (χ0v) is 7.58. The van der Waals surface area contributed by atoms with Crippen LogP contribution in [0, 0.1) is 0 Å². The van der Waals surface area contributed by atoms with Crippen LogP contribution in [0.2, 0.25) is 0 Å². The van der Waals surface area contributed by atoms with Crippen molar-refractivity contribution < 1.29 is 15.0 Å². The molecule has 0 aromatic carbocycles. The maximum atomic E-state index is 9.79. The molecule has 0 unspecified atom stereocenters. The predicted octanol–water partition coefficient (Wildman–Crippen LogP) is 1.00. The lowest BCUT2D eigenvalue weighted by Gasteiger charge is -2.28. The van der Waals surface area contributed by atoms with E-state index >= 15 is 0 Å². The van der Waals surface area contributed by atoms with Crippen LogP contribution >= 0.6 is 0 Å². The van der Waals surface area contributed by atoms with Crippen LogP contribution in [-0.4, -0.2) is 41.2 Å². The second-order valence-corrected chi connectivity index (χ2v) is 2.99. The molecule has 0 spiro atoms. The molecule has 0 saturated heterocycles. The molecule has 68 valence electrons. The monoisotopic (exact) mass is 162 g/mol. The van der Waals surface area contributed by atoms with Crippen LogP contribution in [0.4, 0.5) is 0 Å². The molecule has 0 aliphatic heterocycles. The van der Waals surface area contributed by atoms with Gasteiger partial charge in [0.15, 0.2) is 0 Å². The van der Waals surface area contributed by atoms with Gasteiger partial charge in [-0.15, -0.1) is 0 Å². The summed E-state index contributed by atoms with van der Waals surface area (Å²) in [7, 11) is 0. The van der Waals surface area contributed by atoms with Crippen molar-refractivity contribution in [1.82, 2.24) is 0 Å². The molecule has 0 aromatic heterocycles. The van der Waals surface area contributed by atoms with E-state index in [0.717, 1.165) is 25.9 Å². The molecule has 0 fully saturated rings. The molecule has 0 rings (SSSR count). The first-order valence-electron chi connectivity index (χ1n) is 4.38. The summed E-state index contributed by atoms with van der Waals surface area (Å²) in [6.07, 6.45) is 1.91. The molecule has 0 atom stereocenters. The van der Waals surface area contributed by atoms with Gasteiger partial charge in [0.1, 0.15) is 19.6 Å². The van der Waals surface area contributed by atoms with E-state index in [9.17, 15) is 5.21 Å². The summed E-state index contributed by atoms with van der Waals surface area (Å²) in [5.41, 5.74) is 0. The molecule has 11 heavy (non-hydrogen) atoms. The Hall–Kier alpha value is -0.120. The Morgan fingerprint density at radius 2 is 1.45 bits per heavy atom. The van der Waals surface area contributed by atoms with Gasteiger partial charge in [-0.3, -0.25) is 0 Å². The summed E-state index contributed by atoms with van der Waals surface area (Å²) in [5.74, 6) is 0. The van der Waals surface area contributed by atoms with Crippen LogP contribution in [0.15, 0.2) is 0 Å². The normalized spacial score (nSPS) is 12.0. The smallest absolute Gasteiger partial charge is 0.132 e. The molecule has 2 N–H and O–H groups in total. The van der Waals surface area contributed by atoms with E-state index in [1.54, 1.807) is 0 Å². The first-order chi connectivity index (χ1) is 5.18. The number of nitrogens with zero attached hydrogens (tertiary/aromatic N) is 1. The number of quaternary nitrogens is 1. The Bertz CT molecular complexity index is 79.1. The summed E-state index contributed by atoms with van der Waals surface area (Å²) >= 11 is 0. The average molecular weight is 162 g/mol. The first-order valence-corrected chi connectivity index (χ1v) is 4.38. The molecule has 0 aliphatic carbocycles. The third kappa shape index (κ3) is 4.35. The minimum absolute atomic E-state index is 0.0312. The summed E-state index contributed by atoms with van der Waals surface area (Å²) in [6.45, 7) is 6.09. The minimum Gasteiger partial charge on any atom is -0.390 e. The average Bonchev–Trinajstić information content (AvgIpc) is 1.88. The Morgan fingerprint density at radius 3 is 1.73 bits per heavy atom. The molecule has 0 saturated carbocycles. The van der Waals surface area contributed by atoms with Crippen LogP contribution in [0.3, 0.4) is 0 Å². The van der Waals surface area contributed by atoms with Crippen molar-refractivity contribution in [3.63, 3.8) is 0 Å². The predicted molar refractivity (Wildman–Crippen MR) is 44.3 cm³/mol. The lowest BCUT2D eigenvalue weighted by molar-refractivity contribution is -1.10. The molecule has 0 radical (unpaired) electrons. The van der Waals surface area contributed by atoms with Crippen LogP contribution in [-0.2, 0) is 0 Å². The van der Waals surface area contributed by atoms with E-state index in [0.29, 0.717) is 6.54 Å². The van der Waals surface area contributed by atoms with Crippen LogP contribution in [0.1, 0.15) is 26.7 Å². The quantitative estimate of drug-likeness (QED) is 0.452. The minimum atomic E-state index is 0.0312. The molecular formula is C8H20NO2+. The molecule has 0 amide bonds. The highest BCUT2D eigenvalue weighted by Gasteiger charge is 2.21. The van der Waals surface area contributed by atoms with Crippen molar-refractivity contribution in [3.8, 4) is 0 Å². The Labute approximate surface area is 68.8 Å². The lowest BCUT2D eigenvalue weighted by atomic mass is 10.3. The first kappa shape index (κ1) is 10.9. The molecule has 3 nitrogen and oxygen atoms in total. The molecule has 3 heteroatoms. The molecule has 0 aromatic rings. The molecule has 0 heterocycles. The van der Waals surface area contributed by atoms with Gasteiger partial charge in [-0.1, -0.05) is 13.8 Å². The number of aliphatic hydroxyl groups is 1. The number of hydrogen-bond donors (Lipinski definition) is 2. The standard InChI is InChI=1S/C8H20NO2/c1-3-5-9(11,6-4-2)7-8-10/h10-11H,3-8H2,1-2H3/q+1. The highest BCUT2D eigenvalue weighted by molar-refractivity contribution is 4.33. The molecule has 0 aliphatic rings. The SMILES string of the molecule is CCC[N+](O)(CCC)CCO. The fourth-order valence-corrected chi connectivity index (χ4v) is 1.35. The van der Waals surface area contributed by atoms with E-state index in [2.05, 4.69) is 0 Å². The van der Waals surface area contributed by atoms with Gasteiger partial charge in [0.05, 0.1) is 6.61 Å². The number of aliphatic hydroxyl groups excluding tert-OH is 1. The molecule has 0 bridgehead atoms. The fourth-order valence-electron chi connectivity index (χ4n) is 1.35. The van der Waals surface area contributed by atoms with Crippen molar-refractivity contribution in [2.75, 3.05) is 26.2 Å². The number of rotatable bonds is 6. The second-order valence-electron chi connectivity index (χ2n) is 2.99. The van der Waals surface area contributed by atoms with Crippen molar-refractivity contribution in [3.05, 3.63) is 0 Å². The summed E-state index contributed by atoms with van der Waals surface area (Å²) in [6, 6.07) is 0. The highest BCUT2D eigenvalue weighted by atomic mass is 16.5. The summed E-state index contributed by atoms with van der Waals surface area (Å²) in [4.78, 5) is 0. The Kier molecular flexibility index (Phi) is 5.46. The van der Waals surface area contributed by atoms with Gasteiger partial charge in [-0.25, -0.2) is 5.21 Å². The Balaban J connectivity index is 3.79. The van der Waals surface area contributed by atoms with Gasteiger partial charge < -0.3 is 5.11 Å². The van der Waals surface area contributed by atoms with Crippen molar-refractivity contribution >= 4 is 0 Å². The Morgan fingerprint density at radius 1 is 1.00 bits per heavy atom. The third-order valence-corrected chi connectivity index (χ3v) is 1.80. The second kappa shape index (κ2) is 5.52. The van der Waals surface area contributed by atoms with Gasteiger partial charge in [0, 0.05) is 0 Å². The van der Waals surface area contributed by atoms with Gasteiger partial charge >= 0.3 is 0 Å². The lowest BCUT2D eigenvalue weighted by Crippen LogP contribution is -2.47. The zero-order valence-electron chi connectivity index (χ0n) is 7.58. The fraction of sp³-hybridized carbons (Fsp3) is 1.00. The van der Waals surface area contributed by atoms with Crippen LogP contribution in [0.25, 0.3) is 0 Å². The van der Waals surface area contributed by atoms with Crippen molar-refractivity contribution in [2.45, 2.75) is 26.7 Å². The summed E-state index contributed by atoms with van der Waals surface area (Å²) < 4.78 is 0.0312. The van der Waals surface area contributed by atoms with E-state index in [1.807, 2.05) is 13.8 Å². The zero-order chi connectivity index (χ0) is 8.74. The topological polar surface area (TPSA) is 40.5 Å². The van der Waals surface area contributed by atoms with Crippen molar-refractivity contribution in [2.24, 2.45) is 0 Å². The number of hydrogen-bond acceptors (Lipinski definition) is 2. The van der Waals surface area contributed by atoms with E-state index in [1.165, 1.54) is 0 Å². The number of hydroxylamine groups is 3. The van der Waals surface area contributed by atoms with E-state index in [4.69, 9.17) is 5.11 Å². The van der Waals surface area contributed by atoms with E-state index < -0.39 is 0 Å². The van der Waals surface area contributed by atoms with E-state index in [-0.39, 0.29) is 11.3 Å². The highest BCUT2D eigenvalue weighted by Crippen LogP contribution is 2.03. The van der Waals surface area contributed by atoms with Crippen molar-refractivity contribution in [1.29, 1.82) is 0 Å².